The van der Waals surface area contributed by atoms with Crippen molar-refractivity contribution >= 4 is 29.2 Å². The van der Waals surface area contributed by atoms with Gasteiger partial charge in [-0.25, -0.2) is 10.0 Å². The van der Waals surface area contributed by atoms with E-state index in [9.17, 15) is 0 Å². The maximum Gasteiger partial charge on any atom is 0.161 e. The third-order valence-electron chi connectivity index (χ3n) is 4.38. The molecule has 2 aromatic carbocycles. The van der Waals surface area contributed by atoms with E-state index < -0.39 is 0 Å². The number of hydrogen-bond donors (Lipinski definition) is 0. The molecule has 0 unspecified atom stereocenters. The highest BCUT2D eigenvalue weighted by Gasteiger charge is 2.30. The van der Waals surface area contributed by atoms with Gasteiger partial charge in [-0.05, 0) is 54.6 Å². The van der Waals surface area contributed by atoms with Crippen molar-refractivity contribution in [2.24, 2.45) is 4.99 Å². The number of hydrazine groups is 1. The molecule has 5 nitrogen and oxygen atoms in total. The third kappa shape index (κ3) is 2.80. The van der Waals surface area contributed by atoms with E-state index in [4.69, 9.17) is 21.1 Å². The Kier molecular flexibility index (Phi) is 4.31. The highest BCUT2D eigenvalue weighted by atomic mass is 35.5. The lowest BCUT2D eigenvalue weighted by molar-refractivity contribution is 0.354. The largest absolute Gasteiger partial charge is 0.493 e. The summed E-state index contributed by atoms with van der Waals surface area (Å²) in [6.07, 6.45) is 5.91. The van der Waals surface area contributed by atoms with Crippen LogP contribution in [0.25, 0.3) is 5.70 Å². The number of hydrogen-bond acceptors (Lipinski definition) is 5. The maximum atomic E-state index is 6.04. The number of fused-ring (bicyclic) bond motifs is 1. The molecule has 0 radical (unpaired) electrons. The zero-order valence-corrected chi connectivity index (χ0v) is 15.3. The molecular formula is C20H18ClN3O2. The minimum Gasteiger partial charge on any atom is -0.493 e. The van der Waals surface area contributed by atoms with Crippen molar-refractivity contribution in [3.8, 4) is 11.5 Å². The zero-order valence-electron chi connectivity index (χ0n) is 14.5. The normalized spacial score (nSPS) is 15.5. The minimum atomic E-state index is 0.691. The van der Waals surface area contributed by atoms with Crippen molar-refractivity contribution in [3.63, 3.8) is 0 Å². The second-order valence-corrected chi connectivity index (χ2v) is 6.27. The first-order valence-corrected chi connectivity index (χ1v) is 8.59. The molecule has 2 aliphatic heterocycles. The topological polar surface area (TPSA) is 37.3 Å². The molecule has 0 atom stereocenters. The van der Waals surface area contributed by atoms with E-state index in [1.165, 1.54) is 0 Å². The van der Waals surface area contributed by atoms with Gasteiger partial charge in [0, 0.05) is 16.8 Å². The Hall–Kier alpha value is -2.92. The summed E-state index contributed by atoms with van der Waals surface area (Å²) in [5.41, 5.74) is 3.07. The standard InChI is InChI=1S/C20H18ClN3O2/c1-25-18-8-3-14(13-19(18)26-2)17-9-11-22-20-10-12-23(24(17)20)16-6-4-15(21)5-7-16/h3-11,13H,12H2,1-2H3. The summed E-state index contributed by atoms with van der Waals surface area (Å²) in [7, 11) is 3.27. The van der Waals surface area contributed by atoms with Crippen LogP contribution in [0.5, 0.6) is 11.5 Å². The molecule has 0 saturated carbocycles. The lowest BCUT2D eigenvalue weighted by atomic mass is 10.1. The van der Waals surface area contributed by atoms with E-state index in [2.05, 4.69) is 21.1 Å². The van der Waals surface area contributed by atoms with Gasteiger partial charge in [0.2, 0.25) is 0 Å². The SMILES string of the molecule is COc1ccc(C2=CC=NC3=CCN(c4ccc(Cl)cc4)N32)cc1OC. The van der Waals surface area contributed by atoms with Gasteiger partial charge in [-0.3, -0.25) is 5.01 Å². The van der Waals surface area contributed by atoms with Gasteiger partial charge in [-0.2, -0.15) is 0 Å². The molecule has 0 bridgehead atoms. The van der Waals surface area contributed by atoms with Crippen LogP contribution in [0.2, 0.25) is 5.02 Å². The monoisotopic (exact) mass is 367 g/mol. The Labute approximate surface area is 157 Å². The van der Waals surface area contributed by atoms with Crippen molar-refractivity contribution in [2.75, 3.05) is 25.8 Å². The molecule has 26 heavy (non-hydrogen) atoms. The second kappa shape index (κ2) is 6.77. The molecule has 2 heterocycles. The van der Waals surface area contributed by atoms with Crippen LogP contribution in [0.4, 0.5) is 5.69 Å². The van der Waals surface area contributed by atoms with E-state index in [0.717, 1.165) is 29.3 Å². The molecule has 0 aromatic heterocycles. The molecule has 0 N–H and O–H groups in total. The number of nitrogens with zero attached hydrogens (tertiary/aromatic N) is 3. The van der Waals surface area contributed by atoms with Crippen LogP contribution in [0.15, 0.2) is 65.4 Å². The number of anilines is 1. The van der Waals surface area contributed by atoms with E-state index in [1.807, 2.05) is 54.8 Å². The molecule has 2 aliphatic rings. The van der Waals surface area contributed by atoms with Gasteiger partial charge in [0.05, 0.1) is 32.1 Å². The third-order valence-corrected chi connectivity index (χ3v) is 4.63. The van der Waals surface area contributed by atoms with Gasteiger partial charge >= 0.3 is 0 Å². The average molecular weight is 368 g/mol. The van der Waals surface area contributed by atoms with Gasteiger partial charge in [0.15, 0.2) is 11.5 Å². The summed E-state index contributed by atoms with van der Waals surface area (Å²) in [5.74, 6) is 2.29. The Balaban J connectivity index is 1.73. The lowest BCUT2D eigenvalue weighted by Gasteiger charge is -2.35. The van der Waals surface area contributed by atoms with E-state index in [0.29, 0.717) is 16.5 Å². The van der Waals surface area contributed by atoms with E-state index in [1.54, 1.807) is 14.2 Å². The van der Waals surface area contributed by atoms with Crippen LogP contribution in [0.1, 0.15) is 5.56 Å². The van der Waals surface area contributed by atoms with Crippen molar-refractivity contribution in [1.82, 2.24) is 5.01 Å². The first-order chi connectivity index (χ1) is 12.7. The Bertz CT molecular complexity index is 919. The summed E-state index contributed by atoms with van der Waals surface area (Å²) < 4.78 is 10.8. The molecule has 0 spiro atoms. The molecule has 2 aromatic rings. The molecule has 0 saturated heterocycles. The van der Waals surface area contributed by atoms with E-state index >= 15 is 0 Å². The van der Waals surface area contributed by atoms with Gasteiger partial charge in [-0.15, -0.1) is 0 Å². The summed E-state index contributed by atoms with van der Waals surface area (Å²) in [6, 6.07) is 13.7. The van der Waals surface area contributed by atoms with Crippen LogP contribution in [-0.2, 0) is 0 Å². The maximum absolute atomic E-state index is 6.04. The highest BCUT2D eigenvalue weighted by Crippen LogP contribution is 2.38. The van der Waals surface area contributed by atoms with Crippen molar-refractivity contribution in [2.45, 2.75) is 0 Å². The van der Waals surface area contributed by atoms with Crippen molar-refractivity contribution in [1.29, 1.82) is 0 Å². The molecule has 0 amide bonds. The van der Waals surface area contributed by atoms with Gasteiger partial charge < -0.3 is 9.47 Å². The summed E-state index contributed by atoms with van der Waals surface area (Å²) in [4.78, 5) is 4.50. The predicted molar refractivity (Wildman–Crippen MR) is 105 cm³/mol. The first-order valence-electron chi connectivity index (χ1n) is 8.21. The molecule has 6 heteroatoms. The number of aliphatic imine (C=N–C) groups is 1. The lowest BCUT2D eigenvalue weighted by Crippen LogP contribution is -2.37. The second-order valence-electron chi connectivity index (χ2n) is 5.83. The number of rotatable bonds is 4. The summed E-state index contributed by atoms with van der Waals surface area (Å²) in [6.45, 7) is 0.735. The van der Waals surface area contributed by atoms with Crippen LogP contribution in [0, 0.1) is 0 Å². The van der Waals surface area contributed by atoms with Crippen LogP contribution in [0.3, 0.4) is 0 Å². The number of methoxy groups -OCH3 is 2. The quantitative estimate of drug-likeness (QED) is 0.804. The van der Waals surface area contributed by atoms with Gasteiger partial charge in [-0.1, -0.05) is 11.6 Å². The Morgan fingerprint density at radius 1 is 1.00 bits per heavy atom. The number of halogens is 1. The number of allylic oxidation sites excluding steroid dienone is 1. The molecular weight excluding hydrogens is 350 g/mol. The zero-order chi connectivity index (χ0) is 18.1. The van der Waals surface area contributed by atoms with Gasteiger partial charge in [0.25, 0.3) is 0 Å². The number of ether oxygens (including phenoxy) is 2. The summed E-state index contributed by atoms with van der Waals surface area (Å²) in [5, 5.41) is 4.98. The van der Waals surface area contributed by atoms with Gasteiger partial charge in [0.1, 0.15) is 5.82 Å². The fraction of sp³-hybridized carbons (Fsp3) is 0.150. The molecule has 0 fully saturated rings. The van der Waals surface area contributed by atoms with Crippen LogP contribution < -0.4 is 14.5 Å². The van der Waals surface area contributed by atoms with Crippen LogP contribution >= 0.6 is 11.6 Å². The number of benzene rings is 2. The summed E-state index contributed by atoms with van der Waals surface area (Å²) >= 11 is 6.04. The fourth-order valence-corrected chi connectivity index (χ4v) is 3.25. The Morgan fingerprint density at radius 2 is 1.77 bits per heavy atom. The highest BCUT2D eigenvalue weighted by molar-refractivity contribution is 6.30. The van der Waals surface area contributed by atoms with Crippen molar-refractivity contribution < 1.29 is 9.47 Å². The average Bonchev–Trinajstić information content (AvgIpc) is 3.12. The predicted octanol–water partition coefficient (Wildman–Crippen LogP) is 4.36. The van der Waals surface area contributed by atoms with Crippen molar-refractivity contribution in [3.05, 3.63) is 71.0 Å². The minimum absolute atomic E-state index is 0.691. The molecule has 4 rings (SSSR count). The van der Waals surface area contributed by atoms with Crippen LogP contribution in [-0.4, -0.2) is 32.0 Å². The molecule has 132 valence electrons. The fourth-order valence-electron chi connectivity index (χ4n) is 3.12. The molecule has 0 aliphatic carbocycles. The van der Waals surface area contributed by atoms with E-state index in [-0.39, 0.29) is 0 Å². The first kappa shape index (κ1) is 16.5. The smallest absolute Gasteiger partial charge is 0.161 e. The Morgan fingerprint density at radius 3 is 2.50 bits per heavy atom.